The largest absolute Gasteiger partial charge is 0.476 e. The summed E-state index contributed by atoms with van der Waals surface area (Å²) in [6.07, 6.45) is 2.75. The molecule has 0 unspecified atom stereocenters. The van der Waals surface area contributed by atoms with E-state index in [4.69, 9.17) is 5.11 Å². The second kappa shape index (κ2) is 4.21. The van der Waals surface area contributed by atoms with Crippen molar-refractivity contribution in [1.29, 1.82) is 0 Å². The monoisotopic (exact) mass is 230 g/mol. The van der Waals surface area contributed by atoms with E-state index in [0.29, 0.717) is 5.69 Å². The summed E-state index contributed by atoms with van der Waals surface area (Å²) in [6.45, 7) is 1.90. The SMILES string of the molecule is Cc1cccc(-n2ccnc(C(=O)O)c2=O)c1. The van der Waals surface area contributed by atoms with Crippen LogP contribution >= 0.6 is 0 Å². The van der Waals surface area contributed by atoms with Gasteiger partial charge in [0.2, 0.25) is 5.69 Å². The third-order valence-electron chi connectivity index (χ3n) is 2.32. The molecule has 0 aliphatic carbocycles. The highest BCUT2D eigenvalue weighted by atomic mass is 16.4. The standard InChI is InChI=1S/C12H10N2O3/c1-8-3-2-4-9(7-8)14-6-5-13-10(11(14)15)12(16)17/h2-7H,1H3,(H,16,17). The lowest BCUT2D eigenvalue weighted by Crippen LogP contribution is -2.26. The Morgan fingerprint density at radius 1 is 1.41 bits per heavy atom. The number of hydrogen-bond donors (Lipinski definition) is 1. The molecule has 5 heteroatoms. The Bertz CT molecular complexity index is 632. The van der Waals surface area contributed by atoms with Crippen molar-refractivity contribution in [2.24, 2.45) is 0 Å². The molecule has 17 heavy (non-hydrogen) atoms. The topological polar surface area (TPSA) is 72.2 Å². The van der Waals surface area contributed by atoms with Gasteiger partial charge in [0.1, 0.15) is 0 Å². The van der Waals surface area contributed by atoms with Crippen LogP contribution in [0.5, 0.6) is 0 Å². The molecule has 0 radical (unpaired) electrons. The van der Waals surface area contributed by atoms with E-state index in [1.165, 1.54) is 17.0 Å². The first-order chi connectivity index (χ1) is 8.09. The molecular weight excluding hydrogens is 220 g/mol. The maximum atomic E-state index is 11.8. The summed E-state index contributed by atoms with van der Waals surface area (Å²) in [7, 11) is 0. The van der Waals surface area contributed by atoms with E-state index >= 15 is 0 Å². The van der Waals surface area contributed by atoms with Crippen molar-refractivity contribution in [3.63, 3.8) is 0 Å². The molecule has 2 rings (SSSR count). The quantitative estimate of drug-likeness (QED) is 0.842. The van der Waals surface area contributed by atoms with Crippen LogP contribution in [0.2, 0.25) is 0 Å². The van der Waals surface area contributed by atoms with E-state index in [0.717, 1.165) is 5.56 Å². The normalized spacial score (nSPS) is 10.2. The first kappa shape index (κ1) is 11.1. The highest BCUT2D eigenvalue weighted by Crippen LogP contribution is 2.07. The zero-order chi connectivity index (χ0) is 12.4. The van der Waals surface area contributed by atoms with Crippen molar-refractivity contribution >= 4 is 5.97 Å². The number of aromatic nitrogens is 2. The average molecular weight is 230 g/mol. The number of rotatable bonds is 2. The smallest absolute Gasteiger partial charge is 0.360 e. The molecule has 0 aliphatic heterocycles. The van der Waals surface area contributed by atoms with Gasteiger partial charge in [-0.25, -0.2) is 9.78 Å². The Labute approximate surface area is 97.0 Å². The first-order valence-corrected chi connectivity index (χ1v) is 4.97. The van der Waals surface area contributed by atoms with Crippen LogP contribution in [0, 0.1) is 6.92 Å². The Morgan fingerprint density at radius 3 is 2.82 bits per heavy atom. The molecule has 0 atom stereocenters. The van der Waals surface area contributed by atoms with E-state index in [9.17, 15) is 9.59 Å². The van der Waals surface area contributed by atoms with Gasteiger partial charge in [0.25, 0.3) is 5.56 Å². The van der Waals surface area contributed by atoms with E-state index in [2.05, 4.69) is 4.98 Å². The van der Waals surface area contributed by atoms with Crippen molar-refractivity contribution in [2.45, 2.75) is 6.92 Å². The number of aromatic carboxylic acids is 1. The van der Waals surface area contributed by atoms with Gasteiger partial charge >= 0.3 is 5.97 Å². The van der Waals surface area contributed by atoms with E-state index in [1.54, 1.807) is 18.2 Å². The van der Waals surface area contributed by atoms with Gasteiger partial charge in [-0.1, -0.05) is 12.1 Å². The van der Waals surface area contributed by atoms with Crippen LogP contribution in [-0.4, -0.2) is 20.6 Å². The molecule has 0 fully saturated rings. The third-order valence-corrected chi connectivity index (χ3v) is 2.32. The molecule has 1 N–H and O–H groups in total. The maximum absolute atomic E-state index is 11.8. The summed E-state index contributed by atoms with van der Waals surface area (Å²) in [5, 5.41) is 8.82. The van der Waals surface area contributed by atoms with Gasteiger partial charge in [-0.15, -0.1) is 0 Å². The van der Waals surface area contributed by atoms with Gasteiger partial charge in [-0.2, -0.15) is 0 Å². The molecule has 0 spiro atoms. The summed E-state index contributed by atoms with van der Waals surface area (Å²) in [5.41, 5.74) is 0.502. The summed E-state index contributed by atoms with van der Waals surface area (Å²) in [4.78, 5) is 26.2. The van der Waals surface area contributed by atoms with Gasteiger partial charge in [0.05, 0.1) is 0 Å². The van der Waals surface area contributed by atoms with Crippen molar-refractivity contribution in [3.8, 4) is 5.69 Å². The highest BCUT2D eigenvalue weighted by molar-refractivity contribution is 5.84. The second-order valence-corrected chi connectivity index (χ2v) is 3.60. The average Bonchev–Trinajstić information content (AvgIpc) is 2.29. The van der Waals surface area contributed by atoms with E-state index in [1.807, 2.05) is 13.0 Å². The summed E-state index contributed by atoms with van der Waals surface area (Å²) >= 11 is 0. The lowest BCUT2D eigenvalue weighted by atomic mass is 10.2. The zero-order valence-corrected chi connectivity index (χ0v) is 9.12. The molecule has 86 valence electrons. The number of aryl methyl sites for hydroxylation is 1. The molecule has 0 amide bonds. The van der Waals surface area contributed by atoms with Gasteiger partial charge in [-0.3, -0.25) is 9.36 Å². The fourth-order valence-electron chi connectivity index (χ4n) is 1.54. The van der Waals surface area contributed by atoms with Crippen LogP contribution in [0.4, 0.5) is 0 Å². The number of carboxylic acid groups (broad SMARTS) is 1. The van der Waals surface area contributed by atoms with Gasteiger partial charge < -0.3 is 5.11 Å². The number of nitrogens with zero attached hydrogens (tertiary/aromatic N) is 2. The van der Waals surface area contributed by atoms with Crippen LogP contribution in [-0.2, 0) is 0 Å². The molecule has 1 aromatic heterocycles. The number of carboxylic acids is 1. The first-order valence-electron chi connectivity index (χ1n) is 4.97. The minimum Gasteiger partial charge on any atom is -0.476 e. The van der Waals surface area contributed by atoms with E-state index in [-0.39, 0.29) is 0 Å². The van der Waals surface area contributed by atoms with Crippen molar-refractivity contribution in [1.82, 2.24) is 9.55 Å². The number of hydrogen-bond acceptors (Lipinski definition) is 3. The Kier molecular flexibility index (Phi) is 2.74. The van der Waals surface area contributed by atoms with Crippen LogP contribution in [0.1, 0.15) is 16.1 Å². The zero-order valence-electron chi connectivity index (χ0n) is 9.12. The van der Waals surface area contributed by atoms with Crippen molar-refractivity contribution in [3.05, 3.63) is 58.3 Å². The Hall–Kier alpha value is -2.43. The molecule has 1 aromatic carbocycles. The Morgan fingerprint density at radius 2 is 2.18 bits per heavy atom. The lowest BCUT2D eigenvalue weighted by Gasteiger charge is -2.06. The van der Waals surface area contributed by atoms with Gasteiger partial charge in [0.15, 0.2) is 0 Å². The summed E-state index contributed by atoms with van der Waals surface area (Å²) < 4.78 is 1.27. The van der Waals surface area contributed by atoms with Crippen molar-refractivity contribution in [2.75, 3.05) is 0 Å². The molecule has 1 heterocycles. The van der Waals surface area contributed by atoms with Crippen LogP contribution < -0.4 is 5.56 Å². The fraction of sp³-hybridized carbons (Fsp3) is 0.0833. The fourth-order valence-corrected chi connectivity index (χ4v) is 1.54. The molecule has 0 bridgehead atoms. The summed E-state index contributed by atoms with van der Waals surface area (Å²) in [6, 6.07) is 7.23. The van der Waals surface area contributed by atoms with Crippen LogP contribution in [0.15, 0.2) is 41.5 Å². The van der Waals surface area contributed by atoms with Crippen molar-refractivity contribution < 1.29 is 9.90 Å². The van der Waals surface area contributed by atoms with Crippen LogP contribution in [0.3, 0.4) is 0 Å². The molecule has 0 aliphatic rings. The Balaban J connectivity index is 2.65. The van der Waals surface area contributed by atoms with E-state index < -0.39 is 17.2 Å². The molecule has 0 saturated carbocycles. The number of benzene rings is 1. The molecule has 5 nitrogen and oxygen atoms in total. The van der Waals surface area contributed by atoms with Gasteiger partial charge in [-0.05, 0) is 24.6 Å². The third kappa shape index (κ3) is 2.08. The lowest BCUT2D eigenvalue weighted by molar-refractivity contribution is 0.0688. The molecular formula is C12H10N2O3. The predicted molar refractivity (Wildman–Crippen MR) is 61.5 cm³/mol. The summed E-state index contributed by atoms with van der Waals surface area (Å²) in [5.74, 6) is -1.32. The highest BCUT2D eigenvalue weighted by Gasteiger charge is 2.12. The maximum Gasteiger partial charge on any atom is 0.360 e. The van der Waals surface area contributed by atoms with Crippen LogP contribution in [0.25, 0.3) is 5.69 Å². The molecule has 2 aromatic rings. The number of carbonyl (C=O) groups is 1. The second-order valence-electron chi connectivity index (χ2n) is 3.60. The van der Waals surface area contributed by atoms with Gasteiger partial charge in [0, 0.05) is 18.1 Å². The predicted octanol–water partition coefficient (Wildman–Crippen LogP) is 1.24. The minimum absolute atomic E-state index is 0.478. The molecule has 0 saturated heterocycles. The minimum atomic E-state index is -1.32.